The number of primary amides is 1. The lowest BCUT2D eigenvalue weighted by atomic mass is 10.1. The van der Waals surface area contributed by atoms with E-state index in [0.717, 1.165) is 11.1 Å². The molecule has 4 N–H and O–H groups in total. The van der Waals surface area contributed by atoms with Crippen LogP contribution in [0.3, 0.4) is 0 Å². The summed E-state index contributed by atoms with van der Waals surface area (Å²) in [6.07, 6.45) is -0.814. The maximum absolute atomic E-state index is 12.5. The van der Waals surface area contributed by atoms with Gasteiger partial charge in [0.1, 0.15) is 18.1 Å². The van der Waals surface area contributed by atoms with E-state index < -0.39 is 23.8 Å². The van der Waals surface area contributed by atoms with Crippen LogP contribution in [0.5, 0.6) is 11.5 Å². The zero-order valence-corrected chi connectivity index (χ0v) is 19.3. The summed E-state index contributed by atoms with van der Waals surface area (Å²) < 4.78 is 11.4. The minimum Gasteiger partial charge on any atom is -0.488 e. The Labute approximate surface area is 198 Å². The standard InChI is InChI=1S/C26H27N3O5/c1-16-8-6-13-22(17(16)2)34-18(3)25(31)28-29-26(32)20-10-7-9-19(14-20)15-33-23-12-5-4-11-21(23)24(27)30/h4-14,18H,15H2,1-3H3,(H2,27,30)(H,28,31)(H,29,32). The fraction of sp³-hybridized carbons (Fsp3) is 0.192. The number of aryl methyl sites for hydroxylation is 1. The third kappa shape index (κ3) is 6.13. The first-order valence-corrected chi connectivity index (χ1v) is 10.7. The number of carbonyl (C=O) groups excluding carboxylic acids is 3. The summed E-state index contributed by atoms with van der Waals surface area (Å²) in [4.78, 5) is 36.4. The molecule has 0 fully saturated rings. The number of hydrogen-bond donors (Lipinski definition) is 3. The molecule has 0 bridgehead atoms. The molecule has 8 nitrogen and oxygen atoms in total. The Morgan fingerprint density at radius 1 is 0.912 bits per heavy atom. The summed E-state index contributed by atoms with van der Waals surface area (Å²) >= 11 is 0. The molecule has 176 valence electrons. The fourth-order valence-electron chi connectivity index (χ4n) is 3.15. The van der Waals surface area contributed by atoms with Crippen LogP contribution in [0.15, 0.2) is 66.7 Å². The molecule has 3 aromatic carbocycles. The first-order valence-electron chi connectivity index (χ1n) is 10.7. The van der Waals surface area contributed by atoms with Crippen LogP contribution >= 0.6 is 0 Å². The zero-order chi connectivity index (χ0) is 24.7. The van der Waals surface area contributed by atoms with Crippen molar-refractivity contribution < 1.29 is 23.9 Å². The van der Waals surface area contributed by atoms with Gasteiger partial charge in [0, 0.05) is 5.56 Å². The van der Waals surface area contributed by atoms with Gasteiger partial charge in [0.25, 0.3) is 17.7 Å². The molecule has 0 saturated carbocycles. The molecule has 0 aliphatic rings. The maximum atomic E-state index is 12.5. The van der Waals surface area contributed by atoms with Gasteiger partial charge < -0.3 is 15.2 Å². The normalized spacial score (nSPS) is 11.3. The van der Waals surface area contributed by atoms with E-state index in [2.05, 4.69) is 10.9 Å². The first-order chi connectivity index (χ1) is 16.3. The van der Waals surface area contributed by atoms with E-state index in [0.29, 0.717) is 22.6 Å². The largest absolute Gasteiger partial charge is 0.488 e. The number of benzene rings is 3. The highest BCUT2D eigenvalue weighted by atomic mass is 16.5. The molecule has 0 aromatic heterocycles. The van der Waals surface area contributed by atoms with Crippen molar-refractivity contribution in [2.24, 2.45) is 5.73 Å². The molecule has 0 saturated heterocycles. The van der Waals surface area contributed by atoms with Gasteiger partial charge >= 0.3 is 0 Å². The van der Waals surface area contributed by atoms with Crippen molar-refractivity contribution >= 4 is 17.7 Å². The van der Waals surface area contributed by atoms with Crippen LogP contribution < -0.4 is 26.1 Å². The molecular weight excluding hydrogens is 434 g/mol. The zero-order valence-electron chi connectivity index (χ0n) is 19.3. The summed E-state index contributed by atoms with van der Waals surface area (Å²) in [7, 11) is 0. The maximum Gasteiger partial charge on any atom is 0.279 e. The SMILES string of the molecule is Cc1cccc(OC(C)C(=O)NNC(=O)c2cccc(COc3ccccc3C(N)=O)c2)c1C. The Kier molecular flexibility index (Phi) is 7.87. The van der Waals surface area contributed by atoms with E-state index >= 15 is 0 Å². The number of rotatable bonds is 8. The molecule has 1 atom stereocenters. The average molecular weight is 462 g/mol. The number of nitrogens with two attached hydrogens (primary N) is 1. The van der Waals surface area contributed by atoms with Gasteiger partial charge in [-0.25, -0.2) is 0 Å². The van der Waals surface area contributed by atoms with E-state index in [4.69, 9.17) is 15.2 Å². The minimum atomic E-state index is -0.814. The Hall–Kier alpha value is -4.33. The van der Waals surface area contributed by atoms with Gasteiger partial charge in [0.05, 0.1) is 5.56 Å². The summed E-state index contributed by atoms with van der Waals surface area (Å²) in [5.41, 5.74) is 13.5. The molecule has 0 aliphatic heterocycles. The molecule has 0 aliphatic carbocycles. The lowest BCUT2D eigenvalue weighted by molar-refractivity contribution is -0.128. The Morgan fingerprint density at radius 3 is 2.38 bits per heavy atom. The van der Waals surface area contributed by atoms with Gasteiger partial charge in [-0.1, -0.05) is 36.4 Å². The van der Waals surface area contributed by atoms with Gasteiger partial charge in [-0.2, -0.15) is 0 Å². The van der Waals surface area contributed by atoms with Crippen LogP contribution in [-0.2, 0) is 11.4 Å². The van der Waals surface area contributed by atoms with Gasteiger partial charge in [-0.05, 0) is 67.8 Å². The molecule has 3 amide bonds. The number of carbonyl (C=O) groups is 3. The number of para-hydroxylation sites is 1. The molecule has 0 radical (unpaired) electrons. The van der Waals surface area contributed by atoms with Gasteiger partial charge in [-0.3, -0.25) is 25.2 Å². The first kappa shape index (κ1) is 24.3. The van der Waals surface area contributed by atoms with E-state index in [-0.39, 0.29) is 12.2 Å². The number of ether oxygens (including phenoxy) is 2. The highest BCUT2D eigenvalue weighted by Crippen LogP contribution is 2.22. The third-order valence-electron chi connectivity index (χ3n) is 5.26. The summed E-state index contributed by atoms with van der Waals surface area (Å²) in [6.45, 7) is 5.60. The Morgan fingerprint density at radius 2 is 1.62 bits per heavy atom. The molecule has 0 spiro atoms. The predicted octanol–water partition coefficient (Wildman–Crippen LogP) is 3.21. The third-order valence-corrected chi connectivity index (χ3v) is 5.26. The lowest BCUT2D eigenvalue weighted by Crippen LogP contribution is -2.47. The van der Waals surface area contributed by atoms with Crippen LogP contribution in [0.1, 0.15) is 44.3 Å². The number of hydrogen-bond acceptors (Lipinski definition) is 5. The minimum absolute atomic E-state index is 0.124. The lowest BCUT2D eigenvalue weighted by Gasteiger charge is -2.17. The molecular formula is C26H27N3O5. The molecule has 34 heavy (non-hydrogen) atoms. The number of hydrazine groups is 1. The summed E-state index contributed by atoms with van der Waals surface area (Å²) in [5.74, 6) is -0.603. The van der Waals surface area contributed by atoms with Crippen molar-refractivity contribution in [1.82, 2.24) is 10.9 Å². The van der Waals surface area contributed by atoms with Crippen molar-refractivity contribution in [3.05, 3.63) is 94.5 Å². The molecule has 3 rings (SSSR count). The van der Waals surface area contributed by atoms with Gasteiger partial charge in [0.2, 0.25) is 0 Å². The topological polar surface area (TPSA) is 120 Å². The average Bonchev–Trinajstić information content (AvgIpc) is 2.84. The second-order valence-corrected chi connectivity index (χ2v) is 7.75. The Balaban J connectivity index is 1.56. The molecule has 3 aromatic rings. The van der Waals surface area contributed by atoms with Gasteiger partial charge in [-0.15, -0.1) is 0 Å². The number of nitrogens with one attached hydrogen (secondary N) is 2. The molecule has 8 heteroatoms. The fourth-order valence-corrected chi connectivity index (χ4v) is 3.15. The van der Waals surface area contributed by atoms with E-state index in [1.807, 2.05) is 26.0 Å². The summed E-state index contributed by atoms with van der Waals surface area (Å²) in [5, 5.41) is 0. The molecule has 0 heterocycles. The highest BCUT2D eigenvalue weighted by Gasteiger charge is 2.17. The quantitative estimate of drug-likeness (QED) is 0.445. The van der Waals surface area contributed by atoms with Crippen LogP contribution in [-0.4, -0.2) is 23.8 Å². The van der Waals surface area contributed by atoms with Crippen LogP contribution in [0.2, 0.25) is 0 Å². The molecule has 1 unspecified atom stereocenters. The summed E-state index contributed by atoms with van der Waals surface area (Å²) in [6, 6.07) is 19.0. The second-order valence-electron chi connectivity index (χ2n) is 7.75. The predicted molar refractivity (Wildman–Crippen MR) is 127 cm³/mol. The van der Waals surface area contributed by atoms with E-state index in [1.54, 1.807) is 61.5 Å². The van der Waals surface area contributed by atoms with Crippen molar-refractivity contribution in [3.8, 4) is 11.5 Å². The highest BCUT2D eigenvalue weighted by molar-refractivity contribution is 5.96. The van der Waals surface area contributed by atoms with Crippen LogP contribution in [0.4, 0.5) is 0 Å². The van der Waals surface area contributed by atoms with E-state index in [9.17, 15) is 14.4 Å². The second kappa shape index (κ2) is 11.0. The van der Waals surface area contributed by atoms with Crippen LogP contribution in [0.25, 0.3) is 0 Å². The Bertz CT molecular complexity index is 1210. The van der Waals surface area contributed by atoms with Crippen molar-refractivity contribution in [1.29, 1.82) is 0 Å². The smallest absolute Gasteiger partial charge is 0.279 e. The van der Waals surface area contributed by atoms with Crippen molar-refractivity contribution in [2.75, 3.05) is 0 Å². The number of amides is 3. The van der Waals surface area contributed by atoms with Crippen molar-refractivity contribution in [2.45, 2.75) is 33.5 Å². The van der Waals surface area contributed by atoms with E-state index in [1.165, 1.54) is 0 Å². The van der Waals surface area contributed by atoms with Gasteiger partial charge in [0.15, 0.2) is 6.10 Å². The van der Waals surface area contributed by atoms with Crippen LogP contribution in [0, 0.1) is 13.8 Å². The monoisotopic (exact) mass is 461 g/mol. The van der Waals surface area contributed by atoms with Crippen molar-refractivity contribution in [3.63, 3.8) is 0 Å².